The Hall–Kier alpha value is -2.14. The first-order valence-corrected chi connectivity index (χ1v) is 6.09. The van der Waals surface area contributed by atoms with Crippen LogP contribution in [-0.4, -0.2) is 14.6 Å². The summed E-state index contributed by atoms with van der Waals surface area (Å²) in [4.78, 5) is 4.23. The second kappa shape index (κ2) is 4.85. The highest BCUT2D eigenvalue weighted by molar-refractivity contribution is 6.30. The van der Waals surface area contributed by atoms with E-state index in [1.807, 2.05) is 24.3 Å². The second-order valence-corrected chi connectivity index (χ2v) is 4.50. The molecule has 1 aromatic carbocycles. The molecule has 1 N–H and O–H groups in total. The van der Waals surface area contributed by atoms with Gasteiger partial charge in [-0.1, -0.05) is 23.7 Å². The lowest BCUT2D eigenvalue weighted by atomic mass is 10.2. The maximum absolute atomic E-state index is 13.0. The van der Waals surface area contributed by atoms with E-state index in [4.69, 9.17) is 11.6 Å². The van der Waals surface area contributed by atoms with Crippen molar-refractivity contribution < 1.29 is 4.39 Å². The molecule has 0 aliphatic heterocycles. The van der Waals surface area contributed by atoms with Gasteiger partial charge in [0.05, 0.1) is 6.20 Å². The van der Waals surface area contributed by atoms with Gasteiger partial charge in [0.15, 0.2) is 5.65 Å². The molecule has 2 aromatic heterocycles. The van der Waals surface area contributed by atoms with Gasteiger partial charge in [0.1, 0.15) is 5.82 Å². The van der Waals surface area contributed by atoms with E-state index in [0.29, 0.717) is 23.2 Å². The molecule has 0 unspecified atom stereocenters. The molecule has 3 aromatic rings. The van der Waals surface area contributed by atoms with E-state index in [-0.39, 0.29) is 5.82 Å². The Balaban J connectivity index is 1.76. The van der Waals surface area contributed by atoms with Gasteiger partial charge in [-0.3, -0.25) is 0 Å². The topological polar surface area (TPSA) is 42.2 Å². The molecular weight excluding hydrogens is 267 g/mol. The Kier molecular flexibility index (Phi) is 3.05. The van der Waals surface area contributed by atoms with Crippen LogP contribution in [0.3, 0.4) is 0 Å². The summed E-state index contributed by atoms with van der Waals surface area (Å²) in [7, 11) is 0. The molecule has 0 radical (unpaired) electrons. The number of aromatic nitrogens is 3. The molecule has 0 aliphatic carbocycles. The van der Waals surface area contributed by atoms with Gasteiger partial charge in [-0.05, 0) is 29.8 Å². The first-order valence-electron chi connectivity index (χ1n) is 5.71. The molecule has 0 saturated carbocycles. The molecule has 0 bridgehead atoms. The highest BCUT2D eigenvalue weighted by atomic mass is 35.5. The smallest absolute Gasteiger partial charge is 0.243 e. The molecule has 19 heavy (non-hydrogen) atoms. The third-order valence-corrected chi connectivity index (χ3v) is 2.91. The van der Waals surface area contributed by atoms with Crippen molar-refractivity contribution in [1.82, 2.24) is 14.6 Å². The van der Waals surface area contributed by atoms with E-state index in [1.165, 1.54) is 16.8 Å². The van der Waals surface area contributed by atoms with Crippen molar-refractivity contribution in [1.29, 1.82) is 0 Å². The highest BCUT2D eigenvalue weighted by Gasteiger charge is 2.03. The van der Waals surface area contributed by atoms with Crippen LogP contribution in [0.25, 0.3) is 5.65 Å². The fraction of sp³-hybridized carbons (Fsp3) is 0.0769. The van der Waals surface area contributed by atoms with Crippen LogP contribution in [0.2, 0.25) is 5.02 Å². The third-order valence-electron chi connectivity index (χ3n) is 2.66. The van der Waals surface area contributed by atoms with E-state index in [2.05, 4.69) is 15.4 Å². The second-order valence-electron chi connectivity index (χ2n) is 4.07. The molecule has 0 atom stereocenters. The summed E-state index contributed by atoms with van der Waals surface area (Å²) in [5, 5.41) is 7.91. The van der Waals surface area contributed by atoms with Gasteiger partial charge in [0, 0.05) is 11.6 Å². The number of hydrogen-bond acceptors (Lipinski definition) is 3. The van der Waals surface area contributed by atoms with Crippen molar-refractivity contribution in [2.24, 2.45) is 0 Å². The minimum absolute atomic E-state index is 0.346. The van der Waals surface area contributed by atoms with Crippen LogP contribution in [0, 0.1) is 5.82 Å². The van der Waals surface area contributed by atoms with E-state index in [1.54, 1.807) is 6.07 Å². The lowest BCUT2D eigenvalue weighted by Gasteiger charge is -2.01. The largest absolute Gasteiger partial charge is 0.349 e. The molecule has 0 spiro atoms. The lowest BCUT2D eigenvalue weighted by molar-refractivity contribution is 0.615. The number of fused-ring (bicyclic) bond motifs is 1. The first kappa shape index (κ1) is 11.9. The maximum atomic E-state index is 13.0. The minimum atomic E-state index is -0.346. The average Bonchev–Trinajstić information content (AvgIpc) is 2.80. The summed E-state index contributed by atoms with van der Waals surface area (Å²) in [5.41, 5.74) is 1.66. The van der Waals surface area contributed by atoms with Crippen molar-refractivity contribution in [3.05, 3.63) is 59.0 Å². The minimum Gasteiger partial charge on any atom is -0.349 e. The van der Waals surface area contributed by atoms with Crippen LogP contribution < -0.4 is 5.32 Å². The Morgan fingerprint density at radius 2 is 1.95 bits per heavy atom. The van der Waals surface area contributed by atoms with E-state index in [0.717, 1.165) is 5.56 Å². The fourth-order valence-corrected chi connectivity index (χ4v) is 1.84. The molecule has 96 valence electrons. The zero-order chi connectivity index (χ0) is 13.2. The molecule has 4 nitrogen and oxygen atoms in total. The molecular formula is C13H10ClFN4. The van der Waals surface area contributed by atoms with Gasteiger partial charge in [-0.25, -0.2) is 8.91 Å². The summed E-state index contributed by atoms with van der Waals surface area (Å²) >= 11 is 5.81. The first-order chi connectivity index (χ1) is 9.20. The van der Waals surface area contributed by atoms with Gasteiger partial charge in [0.2, 0.25) is 5.95 Å². The van der Waals surface area contributed by atoms with E-state index >= 15 is 0 Å². The van der Waals surface area contributed by atoms with Crippen LogP contribution in [-0.2, 0) is 6.54 Å². The van der Waals surface area contributed by atoms with Crippen LogP contribution in [0.15, 0.2) is 42.6 Å². The Morgan fingerprint density at radius 3 is 2.74 bits per heavy atom. The van der Waals surface area contributed by atoms with Crippen LogP contribution >= 0.6 is 11.6 Å². The molecule has 0 amide bonds. The van der Waals surface area contributed by atoms with Crippen LogP contribution in [0.1, 0.15) is 5.56 Å². The number of pyridine rings is 1. The quantitative estimate of drug-likeness (QED) is 0.799. The molecule has 0 aliphatic rings. The summed E-state index contributed by atoms with van der Waals surface area (Å²) in [6.07, 6.45) is 1.29. The average molecular weight is 277 g/mol. The molecule has 0 fully saturated rings. The zero-order valence-corrected chi connectivity index (χ0v) is 10.6. The van der Waals surface area contributed by atoms with Gasteiger partial charge >= 0.3 is 0 Å². The fourth-order valence-electron chi connectivity index (χ4n) is 1.72. The monoisotopic (exact) mass is 276 g/mol. The maximum Gasteiger partial charge on any atom is 0.243 e. The van der Waals surface area contributed by atoms with Crippen LogP contribution in [0.4, 0.5) is 10.3 Å². The van der Waals surface area contributed by atoms with Gasteiger partial charge in [-0.15, -0.1) is 5.10 Å². The van der Waals surface area contributed by atoms with Crippen molar-refractivity contribution >= 4 is 23.2 Å². The summed E-state index contributed by atoms with van der Waals surface area (Å²) in [6.45, 7) is 0.580. The molecule has 0 saturated heterocycles. The van der Waals surface area contributed by atoms with Crippen molar-refractivity contribution in [2.45, 2.75) is 6.54 Å². The number of anilines is 1. The van der Waals surface area contributed by atoms with Gasteiger partial charge < -0.3 is 5.32 Å². The number of nitrogens with zero attached hydrogens (tertiary/aromatic N) is 3. The Bertz CT molecular complexity index is 708. The predicted molar refractivity (Wildman–Crippen MR) is 71.7 cm³/mol. The Labute approximate surface area is 113 Å². The van der Waals surface area contributed by atoms with Crippen molar-refractivity contribution in [3.63, 3.8) is 0 Å². The van der Waals surface area contributed by atoms with Crippen LogP contribution in [0.5, 0.6) is 0 Å². The van der Waals surface area contributed by atoms with Gasteiger partial charge in [0.25, 0.3) is 0 Å². The summed E-state index contributed by atoms with van der Waals surface area (Å²) in [5.74, 6) is 0.113. The molecule has 2 heterocycles. The SMILES string of the molecule is Fc1ccc2nc(NCc3ccc(Cl)cc3)nn2c1. The summed E-state index contributed by atoms with van der Waals surface area (Å²) in [6, 6.07) is 10.4. The highest BCUT2D eigenvalue weighted by Crippen LogP contribution is 2.11. The molecule has 6 heteroatoms. The molecule has 3 rings (SSSR count). The van der Waals surface area contributed by atoms with Crippen molar-refractivity contribution in [3.8, 4) is 0 Å². The number of nitrogens with one attached hydrogen (secondary N) is 1. The third kappa shape index (κ3) is 2.66. The number of halogens is 2. The predicted octanol–water partition coefficient (Wildman–Crippen LogP) is 3.13. The van der Waals surface area contributed by atoms with Gasteiger partial charge in [-0.2, -0.15) is 4.98 Å². The Morgan fingerprint density at radius 1 is 1.16 bits per heavy atom. The zero-order valence-electron chi connectivity index (χ0n) is 9.85. The van der Waals surface area contributed by atoms with E-state index < -0.39 is 0 Å². The number of rotatable bonds is 3. The number of hydrogen-bond donors (Lipinski definition) is 1. The lowest BCUT2D eigenvalue weighted by Crippen LogP contribution is -2.01. The summed E-state index contributed by atoms with van der Waals surface area (Å²) < 4.78 is 14.4. The normalized spacial score (nSPS) is 10.8. The number of benzene rings is 1. The van der Waals surface area contributed by atoms with Crippen molar-refractivity contribution in [2.75, 3.05) is 5.32 Å². The van der Waals surface area contributed by atoms with E-state index in [9.17, 15) is 4.39 Å². The standard InChI is InChI=1S/C13H10ClFN4/c14-10-3-1-9(2-4-10)7-16-13-17-12-6-5-11(15)8-19(12)18-13/h1-6,8H,7H2,(H,16,18).